The van der Waals surface area contributed by atoms with E-state index in [0.717, 1.165) is 10.7 Å². The van der Waals surface area contributed by atoms with E-state index in [9.17, 15) is 4.39 Å². The SMILES string of the molecule is Cn1cnnc1SCc1ccc(F)c(C#CCCO)c1. The van der Waals surface area contributed by atoms with E-state index in [1.807, 2.05) is 11.6 Å². The van der Waals surface area contributed by atoms with Gasteiger partial charge in [0.05, 0.1) is 12.2 Å². The summed E-state index contributed by atoms with van der Waals surface area (Å²) in [6.45, 7) is -0.0175. The normalized spacial score (nSPS) is 10.2. The topological polar surface area (TPSA) is 50.9 Å². The molecule has 0 spiro atoms. The monoisotopic (exact) mass is 291 g/mol. The van der Waals surface area contributed by atoms with E-state index in [1.54, 1.807) is 18.5 Å². The molecule has 0 saturated carbocycles. The molecule has 4 nitrogen and oxygen atoms in total. The lowest BCUT2D eigenvalue weighted by atomic mass is 10.1. The predicted octanol–water partition coefficient (Wildman–Crippen LogP) is 1.98. The van der Waals surface area contributed by atoms with Crippen LogP contribution in [0.2, 0.25) is 0 Å². The minimum Gasteiger partial charge on any atom is -0.395 e. The van der Waals surface area contributed by atoms with E-state index in [-0.39, 0.29) is 12.4 Å². The zero-order chi connectivity index (χ0) is 14.4. The Kier molecular flexibility index (Phi) is 5.16. The van der Waals surface area contributed by atoms with E-state index >= 15 is 0 Å². The van der Waals surface area contributed by atoms with E-state index in [1.165, 1.54) is 17.8 Å². The lowest BCUT2D eigenvalue weighted by Crippen LogP contribution is -1.92. The molecule has 1 heterocycles. The van der Waals surface area contributed by atoms with Crippen LogP contribution in [0.4, 0.5) is 4.39 Å². The van der Waals surface area contributed by atoms with Crippen molar-refractivity contribution in [2.45, 2.75) is 17.3 Å². The van der Waals surface area contributed by atoms with Gasteiger partial charge >= 0.3 is 0 Å². The number of halogens is 1. The molecule has 20 heavy (non-hydrogen) atoms. The maximum absolute atomic E-state index is 13.6. The zero-order valence-corrected chi connectivity index (χ0v) is 11.8. The lowest BCUT2D eigenvalue weighted by molar-refractivity contribution is 0.305. The number of hydrogen-bond donors (Lipinski definition) is 1. The average Bonchev–Trinajstić information content (AvgIpc) is 2.85. The molecular formula is C14H14FN3OS. The van der Waals surface area contributed by atoms with Crippen molar-refractivity contribution in [2.24, 2.45) is 7.05 Å². The van der Waals surface area contributed by atoms with Crippen molar-refractivity contribution in [3.63, 3.8) is 0 Å². The molecule has 0 unspecified atom stereocenters. The Morgan fingerprint density at radius 2 is 2.30 bits per heavy atom. The first kappa shape index (κ1) is 14.6. The maximum Gasteiger partial charge on any atom is 0.191 e. The van der Waals surface area contributed by atoms with Gasteiger partial charge in [-0.1, -0.05) is 29.7 Å². The Labute approximate surface area is 121 Å². The minimum absolute atomic E-state index is 0.0175. The lowest BCUT2D eigenvalue weighted by Gasteiger charge is -2.03. The summed E-state index contributed by atoms with van der Waals surface area (Å²) in [5.41, 5.74) is 1.32. The van der Waals surface area contributed by atoms with E-state index < -0.39 is 0 Å². The van der Waals surface area contributed by atoms with Gasteiger partial charge in [0.25, 0.3) is 0 Å². The molecule has 2 rings (SSSR count). The molecule has 1 aromatic carbocycles. The Bertz CT molecular complexity index is 645. The number of rotatable bonds is 4. The van der Waals surface area contributed by atoms with Crippen LogP contribution < -0.4 is 0 Å². The fourth-order valence-corrected chi connectivity index (χ4v) is 2.35. The Morgan fingerprint density at radius 3 is 3.00 bits per heavy atom. The van der Waals surface area contributed by atoms with Crippen molar-refractivity contribution < 1.29 is 9.50 Å². The number of aromatic nitrogens is 3. The van der Waals surface area contributed by atoms with Crippen LogP contribution in [0.3, 0.4) is 0 Å². The summed E-state index contributed by atoms with van der Waals surface area (Å²) >= 11 is 1.53. The van der Waals surface area contributed by atoms with E-state index in [2.05, 4.69) is 22.0 Å². The summed E-state index contributed by atoms with van der Waals surface area (Å²) in [7, 11) is 1.87. The number of aryl methyl sites for hydroxylation is 1. The van der Waals surface area contributed by atoms with Crippen LogP contribution in [-0.4, -0.2) is 26.5 Å². The molecule has 0 aliphatic rings. The molecule has 0 aliphatic heterocycles. The number of nitrogens with zero attached hydrogens (tertiary/aromatic N) is 3. The van der Waals surface area contributed by atoms with Gasteiger partial charge in [0.1, 0.15) is 12.1 Å². The van der Waals surface area contributed by atoms with Crippen LogP contribution >= 0.6 is 11.8 Å². The molecule has 0 saturated heterocycles. The Morgan fingerprint density at radius 1 is 1.45 bits per heavy atom. The summed E-state index contributed by atoms with van der Waals surface area (Å²) in [4.78, 5) is 0. The fraction of sp³-hybridized carbons (Fsp3) is 0.286. The molecule has 1 N–H and O–H groups in total. The first-order chi connectivity index (χ1) is 9.70. The smallest absolute Gasteiger partial charge is 0.191 e. The summed E-state index contributed by atoms with van der Waals surface area (Å²) < 4.78 is 15.4. The average molecular weight is 291 g/mol. The molecule has 6 heteroatoms. The Hall–Kier alpha value is -1.84. The van der Waals surface area contributed by atoms with Gasteiger partial charge in [-0.25, -0.2) is 4.39 Å². The molecule has 0 radical (unpaired) electrons. The van der Waals surface area contributed by atoms with Gasteiger partial charge in [-0.05, 0) is 17.7 Å². The van der Waals surface area contributed by atoms with Gasteiger partial charge in [0.15, 0.2) is 5.16 Å². The number of thioether (sulfide) groups is 1. The van der Waals surface area contributed by atoms with Crippen LogP contribution in [0, 0.1) is 17.7 Å². The molecule has 0 amide bonds. The summed E-state index contributed by atoms with van der Waals surface area (Å²) in [6, 6.07) is 4.87. The summed E-state index contributed by atoms with van der Waals surface area (Å²) in [5, 5.41) is 17.3. The predicted molar refractivity (Wildman–Crippen MR) is 75.5 cm³/mol. The number of hydrogen-bond acceptors (Lipinski definition) is 4. The number of aliphatic hydroxyl groups excluding tert-OH is 1. The molecular weight excluding hydrogens is 277 g/mol. The van der Waals surface area contributed by atoms with Gasteiger partial charge in [-0.15, -0.1) is 10.2 Å². The van der Waals surface area contributed by atoms with Crippen molar-refractivity contribution >= 4 is 11.8 Å². The fourth-order valence-electron chi connectivity index (χ4n) is 1.52. The van der Waals surface area contributed by atoms with Crippen molar-refractivity contribution in [3.05, 3.63) is 41.5 Å². The molecule has 1 aromatic heterocycles. The first-order valence-corrected chi connectivity index (χ1v) is 7.04. The van der Waals surface area contributed by atoms with Crippen molar-refractivity contribution in [1.29, 1.82) is 0 Å². The van der Waals surface area contributed by atoms with Gasteiger partial charge < -0.3 is 9.67 Å². The highest BCUT2D eigenvalue weighted by Gasteiger charge is 2.05. The third-order valence-corrected chi connectivity index (χ3v) is 3.63. The van der Waals surface area contributed by atoms with Gasteiger partial charge in [-0.2, -0.15) is 0 Å². The molecule has 0 atom stereocenters. The second-order valence-electron chi connectivity index (χ2n) is 4.10. The van der Waals surface area contributed by atoms with Crippen LogP contribution in [-0.2, 0) is 12.8 Å². The standard InChI is InChI=1S/C14H14FN3OS/c1-18-10-16-17-14(18)20-9-11-5-6-13(15)12(8-11)4-2-3-7-19/h5-6,8,10,19H,3,7,9H2,1H3. The second kappa shape index (κ2) is 7.08. The molecule has 0 fully saturated rings. The Balaban J connectivity index is 2.08. The highest BCUT2D eigenvalue weighted by Crippen LogP contribution is 2.21. The largest absolute Gasteiger partial charge is 0.395 e. The van der Waals surface area contributed by atoms with Crippen LogP contribution in [0.15, 0.2) is 29.7 Å². The van der Waals surface area contributed by atoms with Crippen LogP contribution in [0.25, 0.3) is 0 Å². The highest BCUT2D eigenvalue weighted by atomic mass is 32.2. The van der Waals surface area contributed by atoms with Crippen LogP contribution in [0.5, 0.6) is 0 Å². The second-order valence-corrected chi connectivity index (χ2v) is 5.05. The zero-order valence-electron chi connectivity index (χ0n) is 11.0. The van der Waals surface area contributed by atoms with Crippen molar-refractivity contribution in [1.82, 2.24) is 14.8 Å². The number of aliphatic hydroxyl groups is 1. The first-order valence-electron chi connectivity index (χ1n) is 6.05. The van der Waals surface area contributed by atoms with Crippen molar-refractivity contribution in [3.8, 4) is 11.8 Å². The third kappa shape index (κ3) is 3.83. The molecule has 2 aromatic rings. The summed E-state index contributed by atoms with van der Waals surface area (Å²) in [6.07, 6.45) is 1.98. The van der Waals surface area contributed by atoms with E-state index in [4.69, 9.17) is 5.11 Å². The quantitative estimate of drug-likeness (QED) is 0.691. The molecule has 0 bridgehead atoms. The number of benzene rings is 1. The van der Waals surface area contributed by atoms with Crippen LogP contribution in [0.1, 0.15) is 17.5 Å². The van der Waals surface area contributed by atoms with Gasteiger partial charge in [-0.3, -0.25) is 0 Å². The minimum atomic E-state index is -0.345. The van der Waals surface area contributed by atoms with Crippen molar-refractivity contribution in [2.75, 3.05) is 6.61 Å². The van der Waals surface area contributed by atoms with Gasteiger partial charge in [0.2, 0.25) is 0 Å². The maximum atomic E-state index is 13.6. The molecule has 0 aliphatic carbocycles. The highest BCUT2D eigenvalue weighted by molar-refractivity contribution is 7.98. The molecule has 104 valence electrons. The summed E-state index contributed by atoms with van der Waals surface area (Å²) in [5.74, 6) is 5.78. The van der Waals surface area contributed by atoms with Gasteiger partial charge in [0, 0.05) is 19.2 Å². The van der Waals surface area contributed by atoms with E-state index in [0.29, 0.717) is 17.7 Å². The third-order valence-electron chi connectivity index (χ3n) is 2.53.